The summed E-state index contributed by atoms with van der Waals surface area (Å²) in [5.41, 5.74) is 2.37. The number of hydrogen-bond donors (Lipinski definition) is 0. The van der Waals surface area contributed by atoms with Crippen LogP contribution in [0.25, 0.3) is 0 Å². The highest BCUT2D eigenvalue weighted by Gasteiger charge is 2.11. The number of rotatable bonds is 6. The van der Waals surface area contributed by atoms with Crippen molar-refractivity contribution < 1.29 is 9.47 Å². The first-order chi connectivity index (χ1) is 10.1. The van der Waals surface area contributed by atoms with Crippen LogP contribution < -0.4 is 9.47 Å². The smallest absolute Gasteiger partial charge is 0.120 e. The van der Waals surface area contributed by atoms with Crippen molar-refractivity contribution in [2.75, 3.05) is 6.61 Å². The summed E-state index contributed by atoms with van der Waals surface area (Å²) < 4.78 is 11.2. The summed E-state index contributed by atoms with van der Waals surface area (Å²) in [5, 5.41) is 0. The normalized spacial score (nSPS) is 12.2. The Balaban J connectivity index is 2.16. The van der Waals surface area contributed by atoms with Crippen molar-refractivity contribution in [2.45, 2.75) is 31.7 Å². The average Bonchev–Trinajstić information content (AvgIpc) is 2.47. The fourth-order valence-electron chi connectivity index (χ4n) is 2.11. The second-order valence-corrected chi connectivity index (χ2v) is 6.02. The maximum atomic E-state index is 5.75. The summed E-state index contributed by atoms with van der Waals surface area (Å²) in [6, 6.07) is 16.4. The van der Waals surface area contributed by atoms with Crippen LogP contribution in [-0.4, -0.2) is 12.7 Å². The number of hydrogen-bond acceptors (Lipinski definition) is 2. The molecule has 0 saturated carbocycles. The number of benzene rings is 2. The van der Waals surface area contributed by atoms with Crippen LogP contribution >= 0.6 is 15.9 Å². The van der Waals surface area contributed by atoms with Gasteiger partial charge in [-0.3, -0.25) is 0 Å². The molecule has 0 heterocycles. The molecule has 0 aromatic heterocycles. The summed E-state index contributed by atoms with van der Waals surface area (Å²) in [5.74, 6) is 1.80. The molecule has 2 rings (SSSR count). The van der Waals surface area contributed by atoms with Crippen molar-refractivity contribution in [3.05, 3.63) is 59.7 Å². The summed E-state index contributed by atoms with van der Waals surface area (Å²) in [6.07, 6.45) is 0.180. The lowest BCUT2D eigenvalue weighted by Gasteiger charge is -2.15. The summed E-state index contributed by atoms with van der Waals surface area (Å²) in [4.78, 5) is 0.142. The van der Waals surface area contributed by atoms with Gasteiger partial charge in [-0.05, 0) is 56.2 Å². The molecule has 2 nitrogen and oxygen atoms in total. The first kappa shape index (κ1) is 15.9. The Morgan fingerprint density at radius 1 is 0.952 bits per heavy atom. The zero-order chi connectivity index (χ0) is 15.2. The van der Waals surface area contributed by atoms with Gasteiger partial charge in [0.25, 0.3) is 0 Å². The molecule has 0 amide bonds. The minimum atomic E-state index is 0.142. The fraction of sp³-hybridized carbons (Fsp3) is 0.333. The summed E-state index contributed by atoms with van der Waals surface area (Å²) in [7, 11) is 0. The van der Waals surface area contributed by atoms with Crippen LogP contribution in [0.5, 0.6) is 11.5 Å². The Morgan fingerprint density at radius 3 is 2.29 bits per heavy atom. The van der Waals surface area contributed by atoms with Crippen molar-refractivity contribution in [1.29, 1.82) is 0 Å². The molecule has 0 aliphatic rings. The molecule has 0 spiro atoms. The number of halogens is 1. The summed E-state index contributed by atoms with van der Waals surface area (Å²) in [6.45, 7) is 6.74. The predicted molar refractivity (Wildman–Crippen MR) is 90.6 cm³/mol. The van der Waals surface area contributed by atoms with Gasteiger partial charge >= 0.3 is 0 Å². The average molecular weight is 349 g/mol. The molecule has 2 aromatic carbocycles. The SMILES string of the molecule is CCOc1ccc(C(Br)c2cccc(OC(C)C)c2)cc1. The molecule has 0 bridgehead atoms. The molecule has 3 heteroatoms. The largest absolute Gasteiger partial charge is 0.494 e. The molecule has 0 fully saturated rings. The minimum Gasteiger partial charge on any atom is -0.494 e. The second-order valence-electron chi connectivity index (χ2n) is 5.10. The molecular weight excluding hydrogens is 328 g/mol. The van der Waals surface area contributed by atoms with E-state index in [9.17, 15) is 0 Å². The van der Waals surface area contributed by atoms with Gasteiger partial charge in [0.15, 0.2) is 0 Å². The van der Waals surface area contributed by atoms with E-state index in [1.807, 2.05) is 45.0 Å². The molecule has 0 radical (unpaired) electrons. The minimum absolute atomic E-state index is 0.142. The number of alkyl halides is 1. The molecule has 1 atom stereocenters. The Bertz CT molecular complexity index is 564. The highest BCUT2D eigenvalue weighted by atomic mass is 79.9. The molecule has 21 heavy (non-hydrogen) atoms. The maximum Gasteiger partial charge on any atom is 0.120 e. The molecule has 2 aromatic rings. The Hall–Kier alpha value is -1.48. The maximum absolute atomic E-state index is 5.75. The third kappa shape index (κ3) is 4.50. The van der Waals surface area contributed by atoms with Crippen LogP contribution in [0.2, 0.25) is 0 Å². The van der Waals surface area contributed by atoms with Crippen LogP contribution in [0.3, 0.4) is 0 Å². The van der Waals surface area contributed by atoms with Crippen molar-refractivity contribution in [3.63, 3.8) is 0 Å². The summed E-state index contributed by atoms with van der Waals surface area (Å²) >= 11 is 3.76. The monoisotopic (exact) mass is 348 g/mol. The molecular formula is C18H21BrO2. The van der Waals surface area contributed by atoms with E-state index in [0.717, 1.165) is 11.5 Å². The van der Waals surface area contributed by atoms with Crippen molar-refractivity contribution in [1.82, 2.24) is 0 Å². The zero-order valence-corrected chi connectivity index (χ0v) is 14.3. The van der Waals surface area contributed by atoms with Gasteiger partial charge in [-0.1, -0.05) is 40.2 Å². The number of ether oxygens (including phenoxy) is 2. The van der Waals surface area contributed by atoms with Crippen LogP contribution in [-0.2, 0) is 0 Å². The van der Waals surface area contributed by atoms with Gasteiger partial charge in [-0.2, -0.15) is 0 Å². The van der Waals surface area contributed by atoms with Gasteiger partial charge in [0.1, 0.15) is 11.5 Å². The standard InChI is InChI=1S/C18H21BrO2/c1-4-20-16-10-8-14(9-11-16)18(19)15-6-5-7-17(12-15)21-13(2)3/h5-13,18H,4H2,1-3H3. The van der Waals surface area contributed by atoms with Crippen molar-refractivity contribution >= 4 is 15.9 Å². The van der Waals surface area contributed by atoms with E-state index in [0.29, 0.717) is 6.61 Å². The van der Waals surface area contributed by atoms with E-state index < -0.39 is 0 Å². The molecule has 0 aliphatic heterocycles. The zero-order valence-electron chi connectivity index (χ0n) is 12.7. The van der Waals surface area contributed by atoms with Gasteiger partial charge in [-0.15, -0.1) is 0 Å². The molecule has 0 saturated heterocycles. The first-order valence-corrected chi connectivity index (χ1v) is 8.15. The highest BCUT2D eigenvalue weighted by Crippen LogP contribution is 2.33. The van der Waals surface area contributed by atoms with Gasteiger partial charge in [0.05, 0.1) is 17.5 Å². The lowest BCUT2D eigenvalue weighted by Crippen LogP contribution is -2.05. The van der Waals surface area contributed by atoms with Crippen LogP contribution in [0.1, 0.15) is 36.7 Å². The van der Waals surface area contributed by atoms with Crippen molar-refractivity contribution in [2.24, 2.45) is 0 Å². The van der Waals surface area contributed by atoms with Crippen LogP contribution in [0.4, 0.5) is 0 Å². The third-order valence-electron chi connectivity index (χ3n) is 3.01. The molecule has 0 aliphatic carbocycles. The Labute approximate surface area is 135 Å². The molecule has 1 unspecified atom stereocenters. The lowest BCUT2D eigenvalue weighted by molar-refractivity contribution is 0.242. The first-order valence-electron chi connectivity index (χ1n) is 7.23. The quantitative estimate of drug-likeness (QED) is 0.654. The Kier molecular flexibility index (Phi) is 5.68. The van der Waals surface area contributed by atoms with Gasteiger partial charge in [0.2, 0.25) is 0 Å². The van der Waals surface area contributed by atoms with Crippen LogP contribution in [0.15, 0.2) is 48.5 Å². The van der Waals surface area contributed by atoms with E-state index in [-0.39, 0.29) is 10.9 Å². The van der Waals surface area contributed by atoms with E-state index in [2.05, 4.69) is 40.2 Å². The van der Waals surface area contributed by atoms with E-state index in [1.54, 1.807) is 0 Å². The van der Waals surface area contributed by atoms with E-state index in [4.69, 9.17) is 9.47 Å². The Morgan fingerprint density at radius 2 is 1.67 bits per heavy atom. The lowest BCUT2D eigenvalue weighted by atomic mass is 10.0. The topological polar surface area (TPSA) is 18.5 Å². The molecule has 112 valence electrons. The fourth-order valence-corrected chi connectivity index (χ4v) is 2.70. The van der Waals surface area contributed by atoms with Gasteiger partial charge in [0, 0.05) is 0 Å². The van der Waals surface area contributed by atoms with Crippen molar-refractivity contribution in [3.8, 4) is 11.5 Å². The van der Waals surface area contributed by atoms with E-state index >= 15 is 0 Å². The second kappa shape index (κ2) is 7.51. The van der Waals surface area contributed by atoms with Gasteiger partial charge in [-0.25, -0.2) is 0 Å². The van der Waals surface area contributed by atoms with E-state index in [1.165, 1.54) is 11.1 Å². The van der Waals surface area contributed by atoms with Gasteiger partial charge < -0.3 is 9.47 Å². The third-order valence-corrected chi connectivity index (χ3v) is 4.06. The van der Waals surface area contributed by atoms with Crippen LogP contribution in [0, 0.1) is 0 Å². The highest BCUT2D eigenvalue weighted by molar-refractivity contribution is 9.09. The predicted octanol–water partition coefficient (Wildman–Crippen LogP) is 5.36. The molecule has 0 N–H and O–H groups in total.